The lowest BCUT2D eigenvalue weighted by molar-refractivity contribution is 0.104. The summed E-state index contributed by atoms with van der Waals surface area (Å²) >= 11 is 7.68. The van der Waals surface area contributed by atoms with Gasteiger partial charge in [-0.1, -0.05) is 180 Å². The molecule has 376 valence electrons. The largest absolute Gasteiger partial charge is 0.289 e. The van der Waals surface area contributed by atoms with Gasteiger partial charge in [-0.3, -0.25) is 4.79 Å². The molecule has 0 aliphatic heterocycles. The third-order valence-corrected chi connectivity index (χ3v) is 19.1. The SMILES string of the molecule is CCCCCCCCc1ccsc1CC(c1sccc1CCCCCCCC)=c1ccc2c(c1)C(=O)c1cc(=C(Cc3sccc3CCCCCCCC)c3sccc3CCCCCCCC)ccc1=2. The molecule has 0 N–H and O–H groups in total. The normalized spacial score (nSPS) is 13.1. The van der Waals surface area contributed by atoms with Crippen LogP contribution in [-0.2, 0) is 38.5 Å². The summed E-state index contributed by atoms with van der Waals surface area (Å²) in [6.45, 7) is 9.21. The minimum Gasteiger partial charge on any atom is -0.289 e. The summed E-state index contributed by atoms with van der Waals surface area (Å²) < 4.78 is 0. The standard InChI is InChI=1S/C65H86OS4/c1-5-9-13-17-21-25-29-49-37-41-67-61(49)47-57(64-51(39-43-69-64)31-27-23-19-15-11-7-3)53-33-35-55-56-36-34-54(46-60(56)63(66)59(55)45-53)58(65-52(40-44-70-65)32-28-24-20-16-12-8-4)48-62-50(38-42-68-62)30-26-22-18-14-10-6-2/h33-46H,5-32,47-48H2,1-4H3. The Labute approximate surface area is 440 Å². The maximum atomic E-state index is 15.0. The average molecular weight is 1010 g/mol. The maximum Gasteiger partial charge on any atom is 0.194 e. The summed E-state index contributed by atoms with van der Waals surface area (Å²) in [5.41, 5.74) is 10.5. The van der Waals surface area contributed by atoms with Gasteiger partial charge in [0.25, 0.3) is 0 Å². The Kier molecular flexibility index (Phi) is 23.3. The summed E-state index contributed by atoms with van der Waals surface area (Å²) in [5, 5.41) is 13.9. The Bertz CT molecular complexity index is 2530. The van der Waals surface area contributed by atoms with Gasteiger partial charge < -0.3 is 0 Å². The predicted octanol–water partition coefficient (Wildman–Crippen LogP) is 19.3. The van der Waals surface area contributed by atoms with Crippen LogP contribution in [0.3, 0.4) is 0 Å². The molecule has 0 unspecified atom stereocenters. The average Bonchev–Trinajstić information content (AvgIpc) is 4.25. The molecule has 1 aliphatic carbocycles. The first-order valence-electron chi connectivity index (χ1n) is 28.3. The Balaban J connectivity index is 1.24. The quantitative estimate of drug-likeness (QED) is 0.0368. The van der Waals surface area contributed by atoms with Gasteiger partial charge in [0.2, 0.25) is 0 Å². The number of hydrogen-bond donors (Lipinski definition) is 0. The molecule has 0 saturated heterocycles. The number of ketones is 1. The lowest BCUT2D eigenvalue weighted by Gasteiger charge is -2.12. The molecule has 1 aliphatic rings. The molecule has 4 heterocycles. The number of hydrogen-bond acceptors (Lipinski definition) is 5. The minimum absolute atomic E-state index is 0.184. The van der Waals surface area contributed by atoms with Crippen molar-refractivity contribution in [3.63, 3.8) is 0 Å². The number of aryl methyl sites for hydroxylation is 4. The smallest absolute Gasteiger partial charge is 0.194 e. The maximum absolute atomic E-state index is 15.0. The van der Waals surface area contributed by atoms with Gasteiger partial charge in [0.05, 0.1) is 0 Å². The minimum atomic E-state index is 0.184. The van der Waals surface area contributed by atoms with Crippen molar-refractivity contribution in [1.29, 1.82) is 0 Å². The Morgan fingerprint density at radius 3 is 1.04 bits per heavy atom. The highest BCUT2D eigenvalue weighted by atomic mass is 32.1. The van der Waals surface area contributed by atoms with E-state index in [1.54, 1.807) is 0 Å². The Morgan fingerprint density at radius 2 is 0.671 bits per heavy atom. The fourth-order valence-electron chi connectivity index (χ4n) is 10.9. The fourth-order valence-corrected chi connectivity index (χ4v) is 14.8. The third-order valence-electron chi connectivity index (χ3n) is 15.1. The molecule has 1 nitrogen and oxygen atoms in total. The first kappa shape index (κ1) is 54.4. The molecule has 0 fully saturated rings. The number of carbonyl (C=O) groups is 1. The third kappa shape index (κ3) is 15.3. The van der Waals surface area contributed by atoms with Gasteiger partial charge in [-0.15, -0.1) is 45.3 Å². The van der Waals surface area contributed by atoms with Crippen LogP contribution in [0.2, 0.25) is 0 Å². The molecule has 4 aromatic heterocycles. The number of thiophene rings is 4. The van der Waals surface area contributed by atoms with Crippen molar-refractivity contribution < 1.29 is 4.79 Å². The molecule has 0 bridgehead atoms. The fraction of sp³-hybridized carbons (Fsp3) is 0.523. The van der Waals surface area contributed by atoms with Crippen LogP contribution in [0.25, 0.3) is 11.1 Å². The van der Waals surface area contributed by atoms with E-state index in [1.165, 1.54) is 217 Å². The first-order chi connectivity index (χ1) is 34.5. The van der Waals surface area contributed by atoms with E-state index in [-0.39, 0.29) is 5.78 Å². The van der Waals surface area contributed by atoms with Crippen LogP contribution in [0, 0.1) is 10.4 Å². The number of carbonyl (C=O) groups excluding carboxylic acids is 1. The van der Waals surface area contributed by atoms with Gasteiger partial charge in [-0.25, -0.2) is 0 Å². The van der Waals surface area contributed by atoms with E-state index in [9.17, 15) is 0 Å². The van der Waals surface area contributed by atoms with Crippen molar-refractivity contribution in [3.05, 3.63) is 156 Å². The van der Waals surface area contributed by atoms with Gasteiger partial charge in [0.15, 0.2) is 5.78 Å². The molecule has 0 saturated carbocycles. The van der Waals surface area contributed by atoms with Crippen LogP contribution in [0.1, 0.15) is 239 Å². The molecule has 5 heteroatoms. The summed E-state index contributed by atoms with van der Waals surface area (Å²) in [6.07, 6.45) is 37.9. The van der Waals surface area contributed by atoms with Gasteiger partial charge in [-0.2, -0.15) is 0 Å². The number of rotatable bonds is 34. The molecule has 0 spiro atoms. The van der Waals surface area contributed by atoms with Gasteiger partial charge in [0.1, 0.15) is 0 Å². The number of benzene rings is 2. The summed E-state index contributed by atoms with van der Waals surface area (Å²) in [7, 11) is 0. The van der Waals surface area contributed by atoms with Gasteiger partial charge >= 0.3 is 0 Å². The van der Waals surface area contributed by atoms with E-state index >= 15 is 4.79 Å². The van der Waals surface area contributed by atoms with Crippen LogP contribution in [-0.4, -0.2) is 5.78 Å². The van der Waals surface area contributed by atoms with E-state index in [0.717, 1.165) is 60.1 Å². The van der Waals surface area contributed by atoms with Crippen LogP contribution in [0.4, 0.5) is 0 Å². The molecule has 7 rings (SSSR count). The molecule has 0 amide bonds. The predicted molar refractivity (Wildman–Crippen MR) is 311 cm³/mol. The van der Waals surface area contributed by atoms with Crippen LogP contribution < -0.4 is 10.4 Å². The molecule has 0 atom stereocenters. The monoisotopic (exact) mass is 1010 g/mol. The highest BCUT2D eigenvalue weighted by molar-refractivity contribution is 7.12. The number of unbranched alkanes of at least 4 members (excludes halogenated alkanes) is 20. The molecular formula is C65H86OS4. The second-order valence-electron chi connectivity index (χ2n) is 20.5. The lowest BCUT2D eigenvalue weighted by Crippen LogP contribution is -2.14. The Hall–Kier alpha value is -3.35. The second-order valence-corrected chi connectivity index (χ2v) is 24.4. The van der Waals surface area contributed by atoms with Crippen LogP contribution in [0.5, 0.6) is 0 Å². The van der Waals surface area contributed by atoms with E-state index < -0.39 is 0 Å². The highest BCUT2D eigenvalue weighted by Crippen LogP contribution is 2.34. The summed E-state index contributed by atoms with van der Waals surface area (Å²) in [6, 6.07) is 23.4. The topological polar surface area (TPSA) is 17.1 Å². The van der Waals surface area contributed by atoms with E-state index in [0.29, 0.717) is 0 Å². The molecule has 6 aromatic rings. The van der Waals surface area contributed by atoms with Crippen molar-refractivity contribution >= 4 is 62.3 Å². The van der Waals surface area contributed by atoms with Crippen molar-refractivity contribution in [2.24, 2.45) is 0 Å². The molecule has 70 heavy (non-hydrogen) atoms. The zero-order valence-corrected chi connectivity index (χ0v) is 47.1. The van der Waals surface area contributed by atoms with E-state index in [2.05, 4.69) is 110 Å². The van der Waals surface area contributed by atoms with Crippen molar-refractivity contribution in [2.45, 2.75) is 220 Å². The van der Waals surface area contributed by atoms with Crippen molar-refractivity contribution in [1.82, 2.24) is 0 Å². The zero-order chi connectivity index (χ0) is 48.8. The van der Waals surface area contributed by atoms with Crippen molar-refractivity contribution in [2.75, 3.05) is 0 Å². The molecule has 2 aromatic carbocycles. The molecule has 0 radical (unpaired) electrons. The van der Waals surface area contributed by atoms with E-state index in [4.69, 9.17) is 0 Å². The van der Waals surface area contributed by atoms with Crippen LogP contribution in [0.15, 0.2) is 82.2 Å². The van der Waals surface area contributed by atoms with Crippen LogP contribution >= 0.6 is 45.3 Å². The van der Waals surface area contributed by atoms with Gasteiger partial charge in [0, 0.05) is 43.5 Å². The number of fused-ring (bicyclic) bond motifs is 2. The van der Waals surface area contributed by atoms with E-state index in [1.807, 2.05) is 45.3 Å². The van der Waals surface area contributed by atoms with Gasteiger partial charge in [-0.05, 0) is 164 Å². The summed E-state index contributed by atoms with van der Waals surface area (Å²) in [5.74, 6) is 0.184. The Morgan fingerprint density at radius 1 is 0.357 bits per heavy atom. The second kappa shape index (κ2) is 30.0. The van der Waals surface area contributed by atoms with Crippen molar-refractivity contribution in [3.8, 4) is 0 Å². The zero-order valence-electron chi connectivity index (χ0n) is 43.8. The molecular weight excluding hydrogens is 925 g/mol. The lowest BCUT2D eigenvalue weighted by atomic mass is 9.96. The highest BCUT2D eigenvalue weighted by Gasteiger charge is 2.23. The summed E-state index contributed by atoms with van der Waals surface area (Å²) in [4.78, 5) is 20.8. The first-order valence-corrected chi connectivity index (χ1v) is 31.9.